The van der Waals surface area contributed by atoms with Crippen LogP contribution >= 0.6 is 0 Å². The first kappa shape index (κ1) is 21.1. The number of carbonyl (C=O) groups excluding carboxylic acids is 3. The van der Waals surface area contributed by atoms with Crippen LogP contribution in [0, 0.1) is 18.8 Å². The fraction of sp³-hybridized carbons (Fsp3) is 0.478. The molecule has 2 aromatic rings. The van der Waals surface area contributed by atoms with Gasteiger partial charge in [-0.05, 0) is 57.7 Å². The van der Waals surface area contributed by atoms with Crippen LogP contribution in [0.1, 0.15) is 48.7 Å². The van der Waals surface area contributed by atoms with Crippen LogP contribution < -0.4 is 5.32 Å². The molecule has 2 heterocycles. The van der Waals surface area contributed by atoms with Crippen LogP contribution in [0.15, 0.2) is 30.5 Å². The van der Waals surface area contributed by atoms with Gasteiger partial charge in [-0.2, -0.15) is 5.10 Å². The number of amides is 2. The summed E-state index contributed by atoms with van der Waals surface area (Å²) in [5.74, 6) is -0.0531. The Bertz CT molecular complexity index is 987. The fourth-order valence-corrected chi connectivity index (χ4v) is 3.99. The molecule has 0 spiro atoms. The van der Waals surface area contributed by atoms with Crippen molar-refractivity contribution < 1.29 is 19.1 Å². The van der Waals surface area contributed by atoms with E-state index in [1.54, 1.807) is 18.5 Å². The predicted molar refractivity (Wildman–Crippen MR) is 115 cm³/mol. The van der Waals surface area contributed by atoms with Crippen LogP contribution in [0.3, 0.4) is 0 Å². The number of ether oxygens (including phenoxy) is 1. The lowest BCUT2D eigenvalue weighted by Crippen LogP contribution is -2.42. The molecule has 1 aromatic carbocycles. The lowest BCUT2D eigenvalue weighted by Gasteiger charge is -2.31. The Balaban J connectivity index is 1.39. The van der Waals surface area contributed by atoms with E-state index in [9.17, 15) is 14.4 Å². The van der Waals surface area contributed by atoms with E-state index < -0.39 is 5.97 Å². The van der Waals surface area contributed by atoms with E-state index in [0.29, 0.717) is 49.5 Å². The number of likely N-dealkylation sites (tertiary alicyclic amines) is 1. The number of hydrogen-bond donors (Lipinski definition) is 1. The minimum absolute atomic E-state index is 0.0277. The van der Waals surface area contributed by atoms with Crippen molar-refractivity contribution in [3.05, 3.63) is 41.7 Å². The van der Waals surface area contributed by atoms with Crippen LogP contribution in [0.5, 0.6) is 0 Å². The van der Waals surface area contributed by atoms with Gasteiger partial charge in [0, 0.05) is 30.6 Å². The maximum atomic E-state index is 12.8. The molecule has 31 heavy (non-hydrogen) atoms. The Labute approximate surface area is 181 Å². The van der Waals surface area contributed by atoms with Gasteiger partial charge in [-0.1, -0.05) is 6.07 Å². The van der Waals surface area contributed by atoms with Gasteiger partial charge in [0.05, 0.1) is 24.2 Å². The summed E-state index contributed by atoms with van der Waals surface area (Å²) in [5, 5.41) is 7.30. The maximum Gasteiger partial charge on any atom is 0.341 e. The molecule has 8 heteroatoms. The molecule has 1 aromatic heterocycles. The molecule has 2 amide bonds. The van der Waals surface area contributed by atoms with Crippen molar-refractivity contribution >= 4 is 23.5 Å². The Hall–Kier alpha value is -3.16. The molecule has 164 valence electrons. The zero-order valence-corrected chi connectivity index (χ0v) is 18.0. The van der Waals surface area contributed by atoms with Gasteiger partial charge in [0.2, 0.25) is 11.8 Å². The average molecular weight is 425 g/mol. The third-order valence-corrected chi connectivity index (χ3v) is 5.97. The number of carbonyl (C=O) groups is 3. The van der Waals surface area contributed by atoms with Gasteiger partial charge in [-0.3, -0.25) is 9.59 Å². The van der Waals surface area contributed by atoms with Gasteiger partial charge in [0.25, 0.3) is 0 Å². The molecule has 1 aliphatic carbocycles. The van der Waals surface area contributed by atoms with Crippen molar-refractivity contribution in [1.29, 1.82) is 0 Å². The lowest BCUT2D eigenvalue weighted by molar-refractivity contribution is -0.135. The number of benzene rings is 1. The molecular weight excluding hydrogens is 396 g/mol. The predicted octanol–water partition coefficient (Wildman–Crippen LogP) is 2.94. The van der Waals surface area contributed by atoms with E-state index in [2.05, 4.69) is 10.4 Å². The summed E-state index contributed by atoms with van der Waals surface area (Å²) in [5.41, 5.74) is 2.51. The van der Waals surface area contributed by atoms with Crippen LogP contribution in [0.4, 0.5) is 5.69 Å². The van der Waals surface area contributed by atoms with Crippen LogP contribution in [0.2, 0.25) is 0 Å². The van der Waals surface area contributed by atoms with Gasteiger partial charge in [-0.15, -0.1) is 0 Å². The summed E-state index contributed by atoms with van der Waals surface area (Å²) >= 11 is 0. The molecule has 1 saturated heterocycles. The minimum atomic E-state index is -0.401. The van der Waals surface area contributed by atoms with Gasteiger partial charge < -0.3 is 15.0 Å². The highest BCUT2D eigenvalue weighted by Gasteiger charge is 2.36. The zero-order chi connectivity index (χ0) is 22.0. The number of rotatable bonds is 6. The number of esters is 1. The molecule has 0 atom stereocenters. The highest BCUT2D eigenvalue weighted by molar-refractivity contribution is 5.93. The van der Waals surface area contributed by atoms with Gasteiger partial charge in [0.1, 0.15) is 5.56 Å². The summed E-state index contributed by atoms with van der Waals surface area (Å²) in [4.78, 5) is 38.9. The number of nitrogens with one attached hydrogen (secondary N) is 1. The van der Waals surface area contributed by atoms with Crippen molar-refractivity contribution in [1.82, 2.24) is 14.7 Å². The molecule has 2 fully saturated rings. The van der Waals surface area contributed by atoms with Gasteiger partial charge in [-0.25, -0.2) is 9.48 Å². The quantitative estimate of drug-likeness (QED) is 0.720. The molecule has 0 radical (unpaired) electrons. The normalized spacial score (nSPS) is 16.8. The first-order chi connectivity index (χ1) is 15.0. The average Bonchev–Trinajstić information content (AvgIpc) is 3.55. The van der Waals surface area contributed by atoms with E-state index in [0.717, 1.165) is 18.5 Å². The number of hydrogen-bond acceptors (Lipinski definition) is 5. The summed E-state index contributed by atoms with van der Waals surface area (Å²) in [7, 11) is 0. The molecule has 1 saturated carbocycles. The largest absolute Gasteiger partial charge is 0.462 e. The Morgan fingerprint density at radius 1 is 1.13 bits per heavy atom. The van der Waals surface area contributed by atoms with Crippen LogP contribution in [-0.2, 0) is 14.3 Å². The standard InChI is InChI=1S/C23H28N4O4/c1-3-31-23(30)20-14-24-27(15(20)2)19-6-4-5-18(13-19)25-21(28)16-9-11-26(12-10-16)22(29)17-7-8-17/h4-6,13-14,16-17H,3,7-12H2,1-2H3,(H,25,28). The zero-order valence-electron chi connectivity index (χ0n) is 18.0. The summed E-state index contributed by atoms with van der Waals surface area (Å²) in [6.07, 6.45) is 4.88. The van der Waals surface area contributed by atoms with E-state index in [4.69, 9.17) is 4.74 Å². The smallest absolute Gasteiger partial charge is 0.341 e. The molecule has 1 N–H and O–H groups in total. The highest BCUT2D eigenvalue weighted by Crippen LogP contribution is 2.32. The van der Waals surface area contributed by atoms with E-state index in [1.165, 1.54) is 6.20 Å². The summed E-state index contributed by atoms with van der Waals surface area (Å²) in [6, 6.07) is 7.37. The Morgan fingerprint density at radius 3 is 2.55 bits per heavy atom. The number of anilines is 1. The molecule has 8 nitrogen and oxygen atoms in total. The Kier molecular flexibility index (Phi) is 6.06. The SMILES string of the molecule is CCOC(=O)c1cnn(-c2cccc(NC(=O)C3CCN(C(=O)C4CC4)CC3)c2)c1C. The lowest BCUT2D eigenvalue weighted by atomic mass is 9.95. The second-order valence-electron chi connectivity index (χ2n) is 8.19. The van der Waals surface area contributed by atoms with Gasteiger partial charge >= 0.3 is 5.97 Å². The second kappa shape index (κ2) is 8.91. The first-order valence-corrected chi connectivity index (χ1v) is 10.9. The molecular formula is C23H28N4O4. The van der Waals surface area contributed by atoms with Gasteiger partial charge in [0.15, 0.2) is 0 Å². The number of aromatic nitrogens is 2. The van der Waals surface area contributed by atoms with Crippen molar-refractivity contribution in [2.75, 3.05) is 25.0 Å². The third-order valence-electron chi connectivity index (χ3n) is 5.97. The van der Waals surface area contributed by atoms with Crippen molar-refractivity contribution in [3.8, 4) is 5.69 Å². The Morgan fingerprint density at radius 2 is 1.87 bits per heavy atom. The van der Waals surface area contributed by atoms with Crippen molar-refractivity contribution in [3.63, 3.8) is 0 Å². The summed E-state index contributed by atoms with van der Waals surface area (Å²) in [6.45, 7) is 5.17. The van der Waals surface area contributed by atoms with E-state index >= 15 is 0 Å². The van der Waals surface area contributed by atoms with Crippen molar-refractivity contribution in [2.24, 2.45) is 11.8 Å². The van der Waals surface area contributed by atoms with Crippen LogP contribution in [0.25, 0.3) is 5.69 Å². The minimum Gasteiger partial charge on any atom is -0.462 e. The van der Waals surface area contributed by atoms with E-state index in [-0.39, 0.29) is 23.7 Å². The maximum absolute atomic E-state index is 12.8. The second-order valence-corrected chi connectivity index (χ2v) is 8.19. The first-order valence-electron chi connectivity index (χ1n) is 10.9. The molecule has 0 bridgehead atoms. The number of piperidine rings is 1. The molecule has 2 aliphatic rings. The third kappa shape index (κ3) is 4.62. The number of nitrogens with zero attached hydrogens (tertiary/aromatic N) is 3. The molecule has 0 unspecified atom stereocenters. The summed E-state index contributed by atoms with van der Waals surface area (Å²) < 4.78 is 6.72. The van der Waals surface area contributed by atoms with Crippen molar-refractivity contribution in [2.45, 2.75) is 39.5 Å². The fourth-order valence-electron chi connectivity index (χ4n) is 3.99. The molecule has 1 aliphatic heterocycles. The highest BCUT2D eigenvalue weighted by atomic mass is 16.5. The van der Waals surface area contributed by atoms with Crippen LogP contribution in [-0.4, -0.2) is 52.2 Å². The van der Waals surface area contributed by atoms with E-state index in [1.807, 2.05) is 29.2 Å². The molecule has 4 rings (SSSR count). The topological polar surface area (TPSA) is 93.5 Å². The monoisotopic (exact) mass is 424 g/mol.